The summed E-state index contributed by atoms with van der Waals surface area (Å²) in [5, 5.41) is 0. The Morgan fingerprint density at radius 2 is 1.84 bits per heavy atom. The Morgan fingerprint density at radius 3 is 2.45 bits per heavy atom. The molecule has 1 heterocycles. The maximum atomic E-state index is 12.2. The normalized spacial score (nSPS) is 15.8. The number of piperidine rings is 1. The molecule has 166 valence electrons. The van der Waals surface area contributed by atoms with E-state index in [-0.39, 0.29) is 23.0 Å². The van der Waals surface area contributed by atoms with E-state index in [2.05, 4.69) is 4.74 Å². The Kier molecular flexibility index (Phi) is 7.81. The second kappa shape index (κ2) is 10.7. The van der Waals surface area contributed by atoms with Crippen LogP contribution >= 0.6 is 0 Å². The third-order valence-corrected chi connectivity index (χ3v) is 5.01. The first-order valence-corrected chi connectivity index (χ1v) is 10.3. The number of hydrogen-bond donors (Lipinski definition) is 1. The summed E-state index contributed by atoms with van der Waals surface area (Å²) in [4.78, 5) is 24.4. The highest BCUT2D eigenvalue weighted by atomic mass is 19.3. The van der Waals surface area contributed by atoms with Crippen molar-refractivity contribution in [3.8, 4) is 11.5 Å². The molecule has 2 aliphatic rings. The second-order valence-corrected chi connectivity index (χ2v) is 7.50. The number of nitrogens with zero attached hydrogens (tertiary/aromatic N) is 1. The molecule has 0 spiro atoms. The zero-order chi connectivity index (χ0) is 22.2. The van der Waals surface area contributed by atoms with Crippen LogP contribution in [0.3, 0.4) is 0 Å². The van der Waals surface area contributed by atoms with Crippen molar-refractivity contribution < 1.29 is 27.8 Å². The first kappa shape index (κ1) is 22.5. The van der Waals surface area contributed by atoms with E-state index < -0.39 is 12.5 Å². The minimum atomic E-state index is -2.94. The third kappa shape index (κ3) is 6.94. The summed E-state index contributed by atoms with van der Waals surface area (Å²) in [6, 6.07) is 13.8. The Bertz CT molecular complexity index is 888. The number of alkyl halides is 2. The van der Waals surface area contributed by atoms with Crippen LogP contribution in [0.5, 0.6) is 11.5 Å². The summed E-state index contributed by atoms with van der Waals surface area (Å²) >= 11 is 0. The summed E-state index contributed by atoms with van der Waals surface area (Å²) < 4.78 is 34.1. The molecule has 0 unspecified atom stereocenters. The van der Waals surface area contributed by atoms with Crippen molar-refractivity contribution in [1.29, 1.82) is 0 Å². The van der Waals surface area contributed by atoms with Crippen molar-refractivity contribution in [3.63, 3.8) is 0 Å². The molecule has 1 saturated carbocycles. The lowest BCUT2D eigenvalue weighted by Gasteiger charge is -2.26. The SMILES string of the molecule is NC(=O)c1ccc(OC(F)F)c(OCC2CC2)c1.O=C1CCCCN1c1ccccc1. The first-order valence-electron chi connectivity index (χ1n) is 10.3. The van der Waals surface area contributed by atoms with Crippen LogP contribution in [-0.2, 0) is 4.79 Å². The van der Waals surface area contributed by atoms with Crippen LogP contribution in [0.4, 0.5) is 14.5 Å². The van der Waals surface area contributed by atoms with Crippen LogP contribution in [0.2, 0.25) is 0 Å². The molecule has 0 bridgehead atoms. The number of nitrogens with two attached hydrogens (primary N) is 1. The molecule has 2 aromatic carbocycles. The van der Waals surface area contributed by atoms with Crippen molar-refractivity contribution in [2.75, 3.05) is 18.1 Å². The highest BCUT2D eigenvalue weighted by Gasteiger charge is 2.23. The molecular formula is C23H26F2N2O4. The van der Waals surface area contributed by atoms with Gasteiger partial charge in [0.1, 0.15) is 0 Å². The van der Waals surface area contributed by atoms with Gasteiger partial charge in [-0.25, -0.2) is 0 Å². The highest BCUT2D eigenvalue weighted by molar-refractivity contribution is 5.94. The minimum Gasteiger partial charge on any atom is -0.489 e. The zero-order valence-corrected chi connectivity index (χ0v) is 17.1. The molecule has 8 heteroatoms. The predicted octanol–water partition coefficient (Wildman–Crippen LogP) is 4.38. The average Bonchev–Trinajstić information content (AvgIpc) is 3.58. The first-order chi connectivity index (χ1) is 14.9. The molecule has 0 radical (unpaired) electrons. The summed E-state index contributed by atoms with van der Waals surface area (Å²) in [5.74, 6) is 0.114. The molecule has 2 aromatic rings. The molecule has 4 rings (SSSR count). The second-order valence-electron chi connectivity index (χ2n) is 7.50. The molecular weight excluding hydrogens is 406 g/mol. The fourth-order valence-corrected chi connectivity index (χ4v) is 3.15. The van der Waals surface area contributed by atoms with Crippen LogP contribution in [0.1, 0.15) is 42.5 Å². The summed E-state index contributed by atoms with van der Waals surface area (Å²) in [5.41, 5.74) is 6.35. The minimum absolute atomic E-state index is 0.0874. The van der Waals surface area contributed by atoms with Crippen LogP contribution in [0, 0.1) is 5.92 Å². The quantitative estimate of drug-likeness (QED) is 0.704. The van der Waals surface area contributed by atoms with Crippen LogP contribution < -0.4 is 20.1 Å². The van der Waals surface area contributed by atoms with Crippen molar-refractivity contribution in [2.24, 2.45) is 11.7 Å². The van der Waals surface area contributed by atoms with Gasteiger partial charge in [-0.1, -0.05) is 18.2 Å². The van der Waals surface area contributed by atoms with E-state index in [0.717, 1.165) is 37.9 Å². The van der Waals surface area contributed by atoms with Crippen LogP contribution in [-0.4, -0.2) is 31.6 Å². The Morgan fingerprint density at radius 1 is 1.10 bits per heavy atom. The lowest BCUT2D eigenvalue weighted by atomic mass is 10.1. The third-order valence-electron chi connectivity index (χ3n) is 5.01. The number of halogens is 2. The van der Waals surface area contributed by atoms with Gasteiger partial charge in [-0.15, -0.1) is 0 Å². The molecule has 2 fully saturated rings. The van der Waals surface area contributed by atoms with Gasteiger partial charge >= 0.3 is 6.61 Å². The summed E-state index contributed by atoms with van der Waals surface area (Å²) in [7, 11) is 0. The van der Waals surface area contributed by atoms with Crippen molar-refractivity contribution in [2.45, 2.75) is 38.7 Å². The van der Waals surface area contributed by atoms with Gasteiger partial charge in [0.2, 0.25) is 11.8 Å². The largest absolute Gasteiger partial charge is 0.489 e. The van der Waals surface area contributed by atoms with E-state index in [0.29, 0.717) is 18.9 Å². The molecule has 0 aromatic heterocycles. The summed E-state index contributed by atoms with van der Waals surface area (Å²) in [6.07, 6.45) is 5.01. The fraction of sp³-hybridized carbons (Fsp3) is 0.391. The van der Waals surface area contributed by atoms with Crippen molar-refractivity contribution in [1.82, 2.24) is 0 Å². The number of primary amides is 1. The Labute approximate surface area is 179 Å². The molecule has 1 saturated heterocycles. The number of benzene rings is 2. The lowest BCUT2D eigenvalue weighted by molar-refractivity contribution is -0.119. The number of para-hydroxylation sites is 1. The number of ether oxygens (including phenoxy) is 2. The van der Waals surface area contributed by atoms with Gasteiger partial charge in [-0.05, 0) is 61.9 Å². The number of carbonyl (C=O) groups is 2. The monoisotopic (exact) mass is 432 g/mol. The average molecular weight is 432 g/mol. The van der Waals surface area contributed by atoms with Crippen molar-refractivity contribution in [3.05, 3.63) is 54.1 Å². The molecule has 1 aliphatic heterocycles. The smallest absolute Gasteiger partial charge is 0.387 e. The number of rotatable bonds is 7. The Hall–Kier alpha value is -3.16. The number of hydrogen-bond acceptors (Lipinski definition) is 4. The molecule has 2 N–H and O–H groups in total. The van der Waals surface area contributed by atoms with E-state index in [1.165, 1.54) is 18.2 Å². The van der Waals surface area contributed by atoms with Crippen molar-refractivity contribution >= 4 is 17.5 Å². The number of carbonyl (C=O) groups excluding carboxylic acids is 2. The van der Waals surface area contributed by atoms with Gasteiger partial charge in [0.25, 0.3) is 0 Å². The maximum Gasteiger partial charge on any atom is 0.387 e. The van der Waals surface area contributed by atoms with Crippen LogP contribution in [0.15, 0.2) is 48.5 Å². The van der Waals surface area contributed by atoms with Gasteiger partial charge in [0.15, 0.2) is 11.5 Å². The topological polar surface area (TPSA) is 81.9 Å². The van der Waals surface area contributed by atoms with Gasteiger partial charge in [0.05, 0.1) is 6.61 Å². The van der Waals surface area contributed by atoms with Gasteiger partial charge < -0.3 is 20.1 Å². The summed E-state index contributed by atoms with van der Waals surface area (Å²) in [6.45, 7) is -1.63. The van der Waals surface area contributed by atoms with E-state index in [4.69, 9.17) is 10.5 Å². The predicted molar refractivity (Wildman–Crippen MR) is 112 cm³/mol. The molecule has 2 amide bonds. The zero-order valence-electron chi connectivity index (χ0n) is 17.1. The standard InChI is InChI=1S/C12H13F2NO3.C11H13NO/c13-12(14)18-9-4-3-8(11(15)16)5-10(9)17-6-7-1-2-7;13-11-8-4-5-9-12(11)10-6-2-1-3-7-10/h3-5,7,12H,1-2,6H2,(H2,15,16);1-3,6-7H,4-5,8-9H2. The van der Waals surface area contributed by atoms with Gasteiger partial charge in [-0.3, -0.25) is 9.59 Å². The fourth-order valence-electron chi connectivity index (χ4n) is 3.15. The molecule has 6 nitrogen and oxygen atoms in total. The van der Waals surface area contributed by atoms with Gasteiger partial charge in [-0.2, -0.15) is 8.78 Å². The van der Waals surface area contributed by atoms with E-state index >= 15 is 0 Å². The van der Waals surface area contributed by atoms with E-state index in [1.807, 2.05) is 35.2 Å². The van der Waals surface area contributed by atoms with Gasteiger partial charge in [0, 0.05) is 24.2 Å². The Balaban J connectivity index is 0.000000185. The van der Waals surface area contributed by atoms with Crippen LogP contribution in [0.25, 0.3) is 0 Å². The van der Waals surface area contributed by atoms with E-state index in [1.54, 1.807) is 0 Å². The maximum absolute atomic E-state index is 12.2. The lowest BCUT2D eigenvalue weighted by Crippen LogP contribution is -2.35. The van der Waals surface area contributed by atoms with E-state index in [9.17, 15) is 18.4 Å². The number of amides is 2. The molecule has 0 atom stereocenters. The molecule has 1 aliphatic carbocycles. The highest BCUT2D eigenvalue weighted by Crippen LogP contribution is 2.34. The number of anilines is 1. The molecule has 31 heavy (non-hydrogen) atoms.